The van der Waals surface area contributed by atoms with Crippen molar-refractivity contribution in [1.29, 1.82) is 0 Å². The van der Waals surface area contributed by atoms with Gasteiger partial charge >= 0.3 is 0 Å². The first kappa shape index (κ1) is 11.0. The molecule has 15 heavy (non-hydrogen) atoms. The summed E-state index contributed by atoms with van der Waals surface area (Å²) >= 11 is 2.09. The van der Waals surface area contributed by atoms with E-state index in [2.05, 4.69) is 54.3 Å². The Kier molecular flexibility index (Phi) is 4.09. The van der Waals surface area contributed by atoms with Gasteiger partial charge in [0.1, 0.15) is 0 Å². The van der Waals surface area contributed by atoms with Gasteiger partial charge in [0.25, 0.3) is 0 Å². The van der Waals surface area contributed by atoms with Crippen LogP contribution in [0, 0.1) is 5.92 Å². The third-order valence-electron chi connectivity index (χ3n) is 3.04. The summed E-state index contributed by atoms with van der Waals surface area (Å²) in [5, 5.41) is 3.63. The van der Waals surface area contributed by atoms with Gasteiger partial charge in [-0.25, -0.2) is 0 Å². The maximum atomic E-state index is 3.63. The average Bonchev–Trinajstić information content (AvgIpc) is 2.80. The Morgan fingerprint density at radius 2 is 2.20 bits per heavy atom. The number of hydrogen-bond donors (Lipinski definition) is 1. The minimum atomic E-state index is 0.483. The first-order valence-corrected chi connectivity index (χ1v) is 6.88. The Morgan fingerprint density at radius 1 is 1.40 bits per heavy atom. The second kappa shape index (κ2) is 5.57. The molecule has 1 aromatic rings. The monoisotopic (exact) mass is 221 g/mol. The molecule has 0 saturated carbocycles. The van der Waals surface area contributed by atoms with Crippen LogP contribution in [0.3, 0.4) is 0 Å². The van der Waals surface area contributed by atoms with Crippen molar-refractivity contribution in [3.8, 4) is 0 Å². The molecule has 2 atom stereocenters. The zero-order valence-electron chi connectivity index (χ0n) is 9.28. The lowest BCUT2D eigenvalue weighted by Gasteiger charge is -2.16. The van der Waals surface area contributed by atoms with E-state index in [0.717, 1.165) is 5.92 Å². The Bertz CT molecular complexity index is 280. The predicted molar refractivity (Wildman–Crippen MR) is 68.3 cm³/mol. The number of hydrogen-bond acceptors (Lipinski definition) is 2. The summed E-state index contributed by atoms with van der Waals surface area (Å²) in [5.74, 6) is 3.58. The molecule has 1 nitrogen and oxygen atoms in total. The van der Waals surface area contributed by atoms with Crippen LogP contribution in [0.4, 0.5) is 0 Å². The van der Waals surface area contributed by atoms with Crippen LogP contribution in [0.25, 0.3) is 0 Å². The van der Waals surface area contributed by atoms with E-state index in [1.807, 2.05) is 0 Å². The summed E-state index contributed by atoms with van der Waals surface area (Å²) in [7, 11) is 0. The standard InChI is InChI=1S/C13H19NS/c1-11(13-5-3-2-4-6-13)14-9-12-7-8-15-10-12/h2-6,11-12,14H,7-10H2,1H3. The average molecular weight is 221 g/mol. The molecular formula is C13H19NS. The van der Waals surface area contributed by atoms with Gasteiger partial charge in [-0.3, -0.25) is 0 Å². The van der Waals surface area contributed by atoms with Crippen molar-refractivity contribution >= 4 is 11.8 Å². The van der Waals surface area contributed by atoms with Crippen molar-refractivity contribution in [3.05, 3.63) is 35.9 Å². The van der Waals surface area contributed by atoms with E-state index >= 15 is 0 Å². The second-order valence-corrected chi connectivity index (χ2v) is 5.42. The molecule has 1 N–H and O–H groups in total. The minimum Gasteiger partial charge on any atom is -0.310 e. The van der Waals surface area contributed by atoms with E-state index in [1.54, 1.807) is 0 Å². The van der Waals surface area contributed by atoms with Crippen LogP contribution in [0.1, 0.15) is 24.9 Å². The summed E-state index contributed by atoms with van der Waals surface area (Å²) in [6.07, 6.45) is 1.39. The van der Waals surface area contributed by atoms with Crippen LogP contribution in [0.5, 0.6) is 0 Å². The van der Waals surface area contributed by atoms with Crippen molar-refractivity contribution in [3.63, 3.8) is 0 Å². The lowest BCUT2D eigenvalue weighted by Crippen LogP contribution is -2.25. The third kappa shape index (κ3) is 3.25. The van der Waals surface area contributed by atoms with Gasteiger partial charge in [0.2, 0.25) is 0 Å². The first-order chi connectivity index (χ1) is 7.36. The van der Waals surface area contributed by atoms with Crippen LogP contribution in [0.2, 0.25) is 0 Å². The van der Waals surface area contributed by atoms with E-state index in [4.69, 9.17) is 0 Å². The van der Waals surface area contributed by atoms with Gasteiger partial charge in [-0.1, -0.05) is 30.3 Å². The first-order valence-electron chi connectivity index (χ1n) is 5.72. The minimum absolute atomic E-state index is 0.483. The Hall–Kier alpha value is -0.470. The predicted octanol–water partition coefficient (Wildman–Crippen LogP) is 3.09. The van der Waals surface area contributed by atoms with E-state index < -0.39 is 0 Å². The van der Waals surface area contributed by atoms with Gasteiger partial charge in [-0.2, -0.15) is 11.8 Å². The van der Waals surface area contributed by atoms with Gasteiger partial charge in [-0.05, 0) is 42.9 Å². The van der Waals surface area contributed by atoms with E-state index in [1.165, 1.54) is 30.0 Å². The molecule has 2 unspecified atom stereocenters. The molecule has 1 aliphatic rings. The molecule has 1 saturated heterocycles. The van der Waals surface area contributed by atoms with Crippen molar-refractivity contribution in [1.82, 2.24) is 5.32 Å². The van der Waals surface area contributed by atoms with Crippen molar-refractivity contribution in [2.45, 2.75) is 19.4 Å². The van der Waals surface area contributed by atoms with Crippen molar-refractivity contribution in [2.24, 2.45) is 5.92 Å². The van der Waals surface area contributed by atoms with Gasteiger partial charge in [0, 0.05) is 6.04 Å². The summed E-state index contributed by atoms with van der Waals surface area (Å²) < 4.78 is 0. The molecule has 0 aliphatic carbocycles. The highest BCUT2D eigenvalue weighted by molar-refractivity contribution is 7.99. The van der Waals surface area contributed by atoms with Gasteiger partial charge in [0.15, 0.2) is 0 Å². The lowest BCUT2D eigenvalue weighted by atomic mass is 10.1. The Morgan fingerprint density at radius 3 is 2.87 bits per heavy atom. The molecule has 0 bridgehead atoms. The molecule has 82 valence electrons. The maximum Gasteiger partial charge on any atom is 0.0291 e. The van der Waals surface area contributed by atoms with Crippen molar-refractivity contribution < 1.29 is 0 Å². The molecule has 2 heteroatoms. The quantitative estimate of drug-likeness (QED) is 0.838. The van der Waals surface area contributed by atoms with Crippen LogP contribution >= 0.6 is 11.8 Å². The van der Waals surface area contributed by atoms with Gasteiger partial charge < -0.3 is 5.32 Å². The van der Waals surface area contributed by atoms with Crippen LogP contribution in [-0.4, -0.2) is 18.1 Å². The molecule has 1 heterocycles. The topological polar surface area (TPSA) is 12.0 Å². The molecule has 1 fully saturated rings. The zero-order chi connectivity index (χ0) is 10.5. The summed E-state index contributed by atoms with van der Waals surface area (Å²) in [6.45, 7) is 3.42. The maximum absolute atomic E-state index is 3.63. The molecule has 0 aromatic heterocycles. The largest absolute Gasteiger partial charge is 0.310 e. The SMILES string of the molecule is CC(NCC1CCSC1)c1ccccc1. The van der Waals surface area contributed by atoms with E-state index in [9.17, 15) is 0 Å². The van der Waals surface area contributed by atoms with Gasteiger partial charge in [-0.15, -0.1) is 0 Å². The molecule has 1 aliphatic heterocycles. The Labute approximate surface area is 96.7 Å². The fourth-order valence-corrected chi connectivity index (χ4v) is 3.23. The van der Waals surface area contributed by atoms with E-state index in [-0.39, 0.29) is 0 Å². The fraction of sp³-hybridized carbons (Fsp3) is 0.538. The summed E-state index contributed by atoms with van der Waals surface area (Å²) in [4.78, 5) is 0. The number of rotatable bonds is 4. The molecular weight excluding hydrogens is 202 g/mol. The molecule has 0 amide bonds. The van der Waals surface area contributed by atoms with Crippen LogP contribution in [0.15, 0.2) is 30.3 Å². The summed E-state index contributed by atoms with van der Waals surface area (Å²) in [5.41, 5.74) is 1.39. The third-order valence-corrected chi connectivity index (χ3v) is 4.27. The van der Waals surface area contributed by atoms with Crippen LogP contribution in [-0.2, 0) is 0 Å². The number of benzene rings is 1. The highest BCUT2D eigenvalue weighted by atomic mass is 32.2. The highest BCUT2D eigenvalue weighted by Gasteiger charge is 2.16. The van der Waals surface area contributed by atoms with Crippen molar-refractivity contribution in [2.75, 3.05) is 18.1 Å². The highest BCUT2D eigenvalue weighted by Crippen LogP contribution is 2.23. The normalized spacial score (nSPS) is 22.9. The summed E-state index contributed by atoms with van der Waals surface area (Å²) in [6, 6.07) is 11.2. The number of nitrogens with one attached hydrogen (secondary N) is 1. The van der Waals surface area contributed by atoms with Gasteiger partial charge in [0.05, 0.1) is 0 Å². The molecule has 0 spiro atoms. The smallest absolute Gasteiger partial charge is 0.0291 e. The van der Waals surface area contributed by atoms with E-state index in [0.29, 0.717) is 6.04 Å². The fourth-order valence-electron chi connectivity index (χ4n) is 1.95. The van der Waals surface area contributed by atoms with Crippen LogP contribution < -0.4 is 5.32 Å². The second-order valence-electron chi connectivity index (χ2n) is 4.27. The molecule has 1 aromatic carbocycles. The lowest BCUT2D eigenvalue weighted by molar-refractivity contribution is 0.477. The molecule has 2 rings (SSSR count). The zero-order valence-corrected chi connectivity index (χ0v) is 10.1. The number of thioether (sulfide) groups is 1. The molecule has 0 radical (unpaired) electrons. The Balaban J connectivity index is 1.79.